The third-order valence-electron chi connectivity index (χ3n) is 7.14. The van der Waals surface area contributed by atoms with Crippen LogP contribution >= 0.6 is 23.4 Å². The third kappa shape index (κ3) is 7.71. The largest absolute Gasteiger partial charge is 0.494 e. The number of thioether (sulfide) groups is 1. The van der Waals surface area contributed by atoms with Crippen molar-refractivity contribution < 1.29 is 19.1 Å². The molecule has 2 saturated heterocycles. The molecular weight excluding hydrogens is 558 g/mol. The number of carbonyl (C=O) groups excluding carboxylic acids is 2. The topological polar surface area (TPSA) is 62.3 Å². The van der Waals surface area contributed by atoms with E-state index in [-0.39, 0.29) is 11.1 Å². The first-order valence-electron chi connectivity index (χ1n) is 13.9. The zero-order chi connectivity index (χ0) is 28.8. The third-order valence-corrected chi connectivity index (χ3v) is 8.26. The van der Waals surface area contributed by atoms with Crippen molar-refractivity contribution in [1.29, 1.82) is 0 Å². The minimum Gasteiger partial charge on any atom is -0.494 e. The van der Waals surface area contributed by atoms with Crippen LogP contribution < -0.4 is 14.4 Å². The quantitative estimate of drug-likeness (QED) is 0.183. The van der Waals surface area contributed by atoms with Gasteiger partial charge in [0.25, 0.3) is 11.1 Å². The lowest BCUT2D eigenvalue weighted by Gasteiger charge is -2.36. The summed E-state index contributed by atoms with van der Waals surface area (Å²) in [6, 6.07) is 22.2. The molecule has 2 fully saturated rings. The van der Waals surface area contributed by atoms with Crippen molar-refractivity contribution in [3.63, 3.8) is 0 Å². The summed E-state index contributed by atoms with van der Waals surface area (Å²) < 4.78 is 11.7. The zero-order valence-corrected chi connectivity index (χ0v) is 24.9. The number of carbonyl (C=O) groups is 2. The fraction of sp³-hybridized carbons (Fsp3) is 0.312. The van der Waals surface area contributed by atoms with Crippen LogP contribution in [0.15, 0.2) is 77.7 Å². The standard InChI is InChI=1S/C32H34ClN3O4S/c1-23(2)35-19-17-34(18-20-35)16-3-21-39-27-14-8-26(9-15-27)36-31(37)30(41-32(36)38)22-24-4-10-28(11-5-24)40-29-12-6-25(33)7-13-29/h4-15,22-23H,3,16-21H2,1-2H3. The number of ether oxygens (including phenoxy) is 2. The van der Waals surface area contributed by atoms with Gasteiger partial charge in [0.05, 0.1) is 17.2 Å². The van der Waals surface area contributed by atoms with Crippen molar-refractivity contribution in [3.8, 4) is 17.2 Å². The molecule has 9 heteroatoms. The van der Waals surface area contributed by atoms with Crippen molar-refractivity contribution in [2.45, 2.75) is 26.3 Å². The second-order valence-electron chi connectivity index (χ2n) is 10.3. The Morgan fingerprint density at radius 2 is 1.46 bits per heavy atom. The van der Waals surface area contributed by atoms with Gasteiger partial charge in [0, 0.05) is 43.8 Å². The Morgan fingerprint density at radius 1 is 0.854 bits per heavy atom. The van der Waals surface area contributed by atoms with E-state index in [0.717, 1.165) is 62.2 Å². The van der Waals surface area contributed by atoms with Gasteiger partial charge in [0.2, 0.25) is 0 Å². The van der Waals surface area contributed by atoms with E-state index >= 15 is 0 Å². The smallest absolute Gasteiger partial charge is 0.298 e. The maximum absolute atomic E-state index is 13.1. The number of hydrogen-bond donors (Lipinski definition) is 0. The molecule has 0 bridgehead atoms. The van der Waals surface area contributed by atoms with Crippen LogP contribution in [0.1, 0.15) is 25.8 Å². The van der Waals surface area contributed by atoms with E-state index in [0.29, 0.717) is 39.8 Å². The van der Waals surface area contributed by atoms with Crippen molar-refractivity contribution in [2.75, 3.05) is 44.2 Å². The Hall–Kier alpha value is -3.30. The maximum atomic E-state index is 13.1. The summed E-state index contributed by atoms with van der Waals surface area (Å²) in [7, 11) is 0. The minimum atomic E-state index is -0.340. The molecule has 41 heavy (non-hydrogen) atoms. The second-order valence-corrected chi connectivity index (χ2v) is 11.7. The van der Waals surface area contributed by atoms with Crippen LogP contribution in [0.25, 0.3) is 6.08 Å². The molecule has 214 valence electrons. The van der Waals surface area contributed by atoms with Crippen LogP contribution in [-0.2, 0) is 4.79 Å². The van der Waals surface area contributed by atoms with E-state index in [9.17, 15) is 9.59 Å². The Kier molecular flexibility index (Phi) is 9.67. The summed E-state index contributed by atoms with van der Waals surface area (Å²) in [6.45, 7) is 10.6. The Labute approximate surface area is 250 Å². The summed E-state index contributed by atoms with van der Waals surface area (Å²) in [5.74, 6) is 1.72. The molecule has 0 saturated carbocycles. The molecular formula is C32H34ClN3O4S. The number of imide groups is 1. The highest BCUT2D eigenvalue weighted by molar-refractivity contribution is 8.19. The number of halogens is 1. The molecule has 2 aliphatic rings. The van der Waals surface area contributed by atoms with Crippen LogP contribution in [0.5, 0.6) is 17.2 Å². The van der Waals surface area contributed by atoms with Gasteiger partial charge in [-0.3, -0.25) is 14.5 Å². The normalized spacial score (nSPS) is 17.6. The van der Waals surface area contributed by atoms with E-state index in [1.807, 2.05) is 36.4 Å². The molecule has 0 atom stereocenters. The summed E-state index contributed by atoms with van der Waals surface area (Å²) in [5.41, 5.74) is 1.32. The molecule has 0 unspecified atom stereocenters. The van der Waals surface area contributed by atoms with Gasteiger partial charge >= 0.3 is 0 Å². The lowest BCUT2D eigenvalue weighted by molar-refractivity contribution is -0.113. The van der Waals surface area contributed by atoms with E-state index in [2.05, 4.69) is 23.6 Å². The van der Waals surface area contributed by atoms with Crippen molar-refractivity contribution in [2.24, 2.45) is 0 Å². The zero-order valence-electron chi connectivity index (χ0n) is 23.3. The van der Waals surface area contributed by atoms with Gasteiger partial charge in [0.15, 0.2) is 0 Å². The Bertz CT molecular complexity index is 1370. The highest BCUT2D eigenvalue weighted by Crippen LogP contribution is 2.36. The second kappa shape index (κ2) is 13.6. The molecule has 2 aliphatic heterocycles. The molecule has 3 aromatic carbocycles. The first kappa shape index (κ1) is 29.2. The number of hydrogen-bond acceptors (Lipinski definition) is 7. The van der Waals surface area contributed by atoms with Gasteiger partial charge in [-0.05, 0) is 104 Å². The van der Waals surface area contributed by atoms with Gasteiger partial charge in [-0.25, -0.2) is 4.90 Å². The highest BCUT2D eigenvalue weighted by Gasteiger charge is 2.36. The maximum Gasteiger partial charge on any atom is 0.298 e. The molecule has 5 rings (SSSR count). The average Bonchev–Trinajstić information content (AvgIpc) is 3.26. The monoisotopic (exact) mass is 591 g/mol. The molecule has 2 heterocycles. The summed E-state index contributed by atoms with van der Waals surface area (Å²) in [4.78, 5) is 32.4. The molecule has 0 aromatic heterocycles. The molecule has 0 aliphatic carbocycles. The predicted octanol–water partition coefficient (Wildman–Crippen LogP) is 7.17. The van der Waals surface area contributed by atoms with Crippen LogP contribution in [0.2, 0.25) is 5.02 Å². The number of rotatable bonds is 10. The van der Waals surface area contributed by atoms with Crippen molar-refractivity contribution >= 4 is 46.3 Å². The average molecular weight is 592 g/mol. The van der Waals surface area contributed by atoms with Crippen molar-refractivity contribution in [1.82, 2.24) is 9.80 Å². The number of piperazine rings is 1. The van der Waals surface area contributed by atoms with Gasteiger partial charge < -0.3 is 14.4 Å². The summed E-state index contributed by atoms with van der Waals surface area (Å²) in [6.07, 6.45) is 2.67. The van der Waals surface area contributed by atoms with Crippen LogP contribution in [0.3, 0.4) is 0 Å². The van der Waals surface area contributed by atoms with Gasteiger partial charge in [0.1, 0.15) is 17.2 Å². The van der Waals surface area contributed by atoms with Crippen LogP contribution in [-0.4, -0.2) is 66.3 Å². The molecule has 7 nitrogen and oxygen atoms in total. The van der Waals surface area contributed by atoms with E-state index in [1.165, 1.54) is 4.90 Å². The van der Waals surface area contributed by atoms with E-state index < -0.39 is 0 Å². The minimum absolute atomic E-state index is 0.324. The molecule has 3 aromatic rings. The van der Waals surface area contributed by atoms with E-state index in [1.54, 1.807) is 42.5 Å². The SMILES string of the molecule is CC(C)N1CCN(CCCOc2ccc(N3C(=O)SC(=Cc4ccc(Oc5ccc(Cl)cc5)cc4)C3=O)cc2)CC1. The molecule has 2 amide bonds. The Morgan fingerprint density at radius 3 is 2.10 bits per heavy atom. The van der Waals surface area contributed by atoms with E-state index in [4.69, 9.17) is 21.1 Å². The first-order chi connectivity index (χ1) is 19.9. The fourth-order valence-electron chi connectivity index (χ4n) is 4.79. The number of nitrogens with zero attached hydrogens (tertiary/aromatic N) is 3. The van der Waals surface area contributed by atoms with Gasteiger partial charge in [-0.1, -0.05) is 23.7 Å². The first-order valence-corrected chi connectivity index (χ1v) is 15.1. The van der Waals surface area contributed by atoms with Crippen LogP contribution in [0, 0.1) is 0 Å². The summed E-state index contributed by atoms with van der Waals surface area (Å²) >= 11 is 6.85. The lowest BCUT2D eigenvalue weighted by Crippen LogP contribution is -2.49. The summed E-state index contributed by atoms with van der Waals surface area (Å²) in [5, 5.41) is 0.318. The van der Waals surface area contributed by atoms with Crippen molar-refractivity contribution in [3.05, 3.63) is 88.3 Å². The fourth-order valence-corrected chi connectivity index (χ4v) is 5.75. The van der Waals surface area contributed by atoms with Crippen LogP contribution in [0.4, 0.5) is 10.5 Å². The molecule has 0 radical (unpaired) electrons. The molecule has 0 spiro atoms. The van der Waals surface area contributed by atoms with Gasteiger partial charge in [-0.15, -0.1) is 0 Å². The number of benzene rings is 3. The van der Waals surface area contributed by atoms with Gasteiger partial charge in [-0.2, -0.15) is 0 Å². The molecule has 0 N–H and O–H groups in total. The predicted molar refractivity (Wildman–Crippen MR) is 166 cm³/mol. The number of amides is 2. The number of anilines is 1. The highest BCUT2D eigenvalue weighted by atomic mass is 35.5. The lowest BCUT2D eigenvalue weighted by atomic mass is 10.2. The Balaban J connectivity index is 1.11.